The van der Waals surface area contributed by atoms with Gasteiger partial charge in [-0.3, -0.25) is 4.79 Å². The van der Waals surface area contributed by atoms with Crippen LogP contribution in [0.1, 0.15) is 25.1 Å². The highest BCUT2D eigenvalue weighted by molar-refractivity contribution is 6.17. The molecule has 1 aromatic heterocycles. The number of nitrogens with zero attached hydrogens (tertiary/aromatic N) is 1. The molecule has 0 fully saturated rings. The highest BCUT2D eigenvalue weighted by Gasteiger charge is 2.01. The Bertz CT molecular complexity index is 261. The number of alkyl halides is 1. The van der Waals surface area contributed by atoms with Crippen molar-refractivity contribution < 1.29 is 4.79 Å². The number of hydrogen-bond donors (Lipinski definition) is 2. The van der Waals surface area contributed by atoms with Crippen molar-refractivity contribution >= 4 is 17.5 Å². The second kappa shape index (κ2) is 6.43. The number of halogens is 1. The van der Waals surface area contributed by atoms with Crippen molar-refractivity contribution in [3.8, 4) is 0 Å². The number of nitrogens with one attached hydrogen (secondary N) is 2. The Hall–Kier alpha value is -1.03. The van der Waals surface area contributed by atoms with E-state index in [9.17, 15) is 4.79 Å². The zero-order valence-corrected chi connectivity index (χ0v) is 8.68. The molecule has 0 aliphatic rings. The first-order chi connectivity index (χ1) is 6.83. The summed E-state index contributed by atoms with van der Waals surface area (Å²) in [7, 11) is 0. The Labute approximate surface area is 88.1 Å². The summed E-state index contributed by atoms with van der Waals surface area (Å²) >= 11 is 5.50. The average Bonchev–Trinajstić information content (AvgIpc) is 2.68. The van der Waals surface area contributed by atoms with Crippen LogP contribution in [-0.2, 0) is 11.3 Å². The molecule has 78 valence electrons. The third-order valence-electron chi connectivity index (χ3n) is 1.80. The van der Waals surface area contributed by atoms with Crippen molar-refractivity contribution in [3.05, 3.63) is 18.2 Å². The molecule has 1 aromatic rings. The van der Waals surface area contributed by atoms with Gasteiger partial charge in [0.2, 0.25) is 5.91 Å². The molecule has 0 saturated carbocycles. The van der Waals surface area contributed by atoms with Gasteiger partial charge in [0.25, 0.3) is 0 Å². The standard InChI is InChI=1S/C9H14ClN3O/c10-4-2-1-3-9(14)13-7-8-11-5-6-12-8/h5-6H,1-4,7H2,(H,11,12)(H,13,14). The van der Waals surface area contributed by atoms with Gasteiger partial charge in [0.15, 0.2) is 0 Å². The molecule has 0 bridgehead atoms. The van der Waals surface area contributed by atoms with E-state index in [1.54, 1.807) is 12.4 Å². The monoisotopic (exact) mass is 215 g/mol. The molecular formula is C9H14ClN3O. The van der Waals surface area contributed by atoms with Crippen molar-refractivity contribution in [2.24, 2.45) is 0 Å². The van der Waals surface area contributed by atoms with Crippen LogP contribution in [0.5, 0.6) is 0 Å². The summed E-state index contributed by atoms with van der Waals surface area (Å²) < 4.78 is 0. The minimum absolute atomic E-state index is 0.0477. The van der Waals surface area contributed by atoms with Crippen LogP contribution in [-0.4, -0.2) is 21.8 Å². The molecule has 2 N–H and O–H groups in total. The van der Waals surface area contributed by atoms with Gasteiger partial charge >= 0.3 is 0 Å². The Morgan fingerprint density at radius 1 is 1.57 bits per heavy atom. The molecule has 5 heteroatoms. The van der Waals surface area contributed by atoms with E-state index in [-0.39, 0.29) is 5.91 Å². The molecule has 1 heterocycles. The molecule has 0 aliphatic heterocycles. The van der Waals surface area contributed by atoms with E-state index in [1.807, 2.05) is 0 Å². The van der Waals surface area contributed by atoms with Gasteiger partial charge in [-0.2, -0.15) is 0 Å². The molecule has 1 amide bonds. The number of unbranched alkanes of at least 4 members (excludes halogenated alkanes) is 1. The van der Waals surface area contributed by atoms with Crippen LogP contribution in [0, 0.1) is 0 Å². The van der Waals surface area contributed by atoms with E-state index >= 15 is 0 Å². The lowest BCUT2D eigenvalue weighted by Crippen LogP contribution is -2.22. The number of carbonyl (C=O) groups excluding carboxylic acids is 1. The van der Waals surface area contributed by atoms with Gasteiger partial charge in [-0.15, -0.1) is 11.6 Å². The number of aromatic amines is 1. The molecule has 0 unspecified atom stereocenters. The number of hydrogen-bond acceptors (Lipinski definition) is 2. The lowest BCUT2D eigenvalue weighted by Gasteiger charge is -2.01. The van der Waals surface area contributed by atoms with Gasteiger partial charge in [-0.1, -0.05) is 0 Å². The zero-order chi connectivity index (χ0) is 10.2. The normalized spacial score (nSPS) is 10.1. The number of H-pyrrole nitrogens is 1. The van der Waals surface area contributed by atoms with Crippen LogP contribution in [0.25, 0.3) is 0 Å². The molecule has 0 aromatic carbocycles. The highest BCUT2D eigenvalue weighted by Crippen LogP contribution is 1.97. The van der Waals surface area contributed by atoms with Crippen LogP contribution in [0.3, 0.4) is 0 Å². The second-order valence-corrected chi connectivity index (χ2v) is 3.34. The number of aromatic nitrogens is 2. The van der Waals surface area contributed by atoms with E-state index in [0.29, 0.717) is 18.8 Å². The third kappa shape index (κ3) is 4.28. The van der Waals surface area contributed by atoms with Crippen molar-refractivity contribution in [1.82, 2.24) is 15.3 Å². The van der Waals surface area contributed by atoms with Crippen LogP contribution in [0.2, 0.25) is 0 Å². The molecule has 1 rings (SSSR count). The maximum atomic E-state index is 11.2. The first-order valence-corrected chi connectivity index (χ1v) is 5.17. The Balaban J connectivity index is 2.09. The predicted molar refractivity (Wildman–Crippen MR) is 55.0 cm³/mol. The SMILES string of the molecule is O=C(CCCCCl)NCc1ncc[nH]1. The molecular weight excluding hydrogens is 202 g/mol. The number of imidazole rings is 1. The van der Waals surface area contributed by atoms with E-state index in [0.717, 1.165) is 18.7 Å². The average molecular weight is 216 g/mol. The minimum Gasteiger partial charge on any atom is -0.349 e. The summed E-state index contributed by atoms with van der Waals surface area (Å²) in [5, 5.41) is 2.77. The summed E-state index contributed by atoms with van der Waals surface area (Å²) in [5.74, 6) is 1.44. The third-order valence-corrected chi connectivity index (χ3v) is 2.06. The number of rotatable bonds is 6. The van der Waals surface area contributed by atoms with Gasteiger partial charge in [-0.25, -0.2) is 4.98 Å². The van der Waals surface area contributed by atoms with Gasteiger partial charge in [0, 0.05) is 24.7 Å². The largest absolute Gasteiger partial charge is 0.349 e. The van der Waals surface area contributed by atoms with E-state index in [1.165, 1.54) is 0 Å². The molecule has 4 nitrogen and oxygen atoms in total. The van der Waals surface area contributed by atoms with Crippen molar-refractivity contribution in [2.45, 2.75) is 25.8 Å². The van der Waals surface area contributed by atoms with Crippen LogP contribution >= 0.6 is 11.6 Å². The van der Waals surface area contributed by atoms with Crippen molar-refractivity contribution in [2.75, 3.05) is 5.88 Å². The van der Waals surface area contributed by atoms with E-state index in [2.05, 4.69) is 15.3 Å². The van der Waals surface area contributed by atoms with Crippen LogP contribution < -0.4 is 5.32 Å². The first kappa shape index (κ1) is 11.0. The Morgan fingerprint density at radius 2 is 2.43 bits per heavy atom. The maximum Gasteiger partial charge on any atom is 0.220 e. The number of amides is 1. The summed E-state index contributed by atoms with van der Waals surface area (Å²) in [5.41, 5.74) is 0. The molecule has 0 atom stereocenters. The summed E-state index contributed by atoms with van der Waals surface area (Å²) in [6, 6.07) is 0. The quantitative estimate of drug-likeness (QED) is 0.557. The summed E-state index contributed by atoms with van der Waals surface area (Å²) in [6.45, 7) is 0.465. The fourth-order valence-corrected chi connectivity index (χ4v) is 1.23. The predicted octanol–water partition coefficient (Wildman–Crippen LogP) is 1.43. The van der Waals surface area contributed by atoms with Gasteiger partial charge in [0.05, 0.1) is 6.54 Å². The minimum atomic E-state index is 0.0477. The molecule has 0 spiro atoms. The Morgan fingerprint density at radius 3 is 3.07 bits per heavy atom. The summed E-state index contributed by atoms with van der Waals surface area (Å²) in [6.07, 6.45) is 5.65. The lowest BCUT2D eigenvalue weighted by atomic mass is 10.2. The van der Waals surface area contributed by atoms with Crippen LogP contribution in [0.15, 0.2) is 12.4 Å². The van der Waals surface area contributed by atoms with Crippen molar-refractivity contribution in [3.63, 3.8) is 0 Å². The zero-order valence-electron chi connectivity index (χ0n) is 7.92. The van der Waals surface area contributed by atoms with Crippen molar-refractivity contribution in [1.29, 1.82) is 0 Å². The highest BCUT2D eigenvalue weighted by atomic mass is 35.5. The van der Waals surface area contributed by atoms with E-state index in [4.69, 9.17) is 11.6 Å². The van der Waals surface area contributed by atoms with Gasteiger partial charge < -0.3 is 10.3 Å². The van der Waals surface area contributed by atoms with Gasteiger partial charge in [0.1, 0.15) is 5.82 Å². The van der Waals surface area contributed by atoms with Crippen LogP contribution in [0.4, 0.5) is 0 Å². The van der Waals surface area contributed by atoms with E-state index < -0.39 is 0 Å². The number of carbonyl (C=O) groups is 1. The smallest absolute Gasteiger partial charge is 0.220 e. The summed E-state index contributed by atoms with van der Waals surface area (Å²) in [4.78, 5) is 18.1. The maximum absolute atomic E-state index is 11.2. The second-order valence-electron chi connectivity index (χ2n) is 2.96. The topological polar surface area (TPSA) is 57.8 Å². The fraction of sp³-hybridized carbons (Fsp3) is 0.556. The molecule has 0 saturated heterocycles. The lowest BCUT2D eigenvalue weighted by molar-refractivity contribution is -0.121. The Kier molecular flexibility index (Phi) is 5.07. The fourth-order valence-electron chi connectivity index (χ4n) is 1.05. The molecule has 0 aliphatic carbocycles. The molecule has 0 radical (unpaired) electrons. The molecule has 14 heavy (non-hydrogen) atoms. The first-order valence-electron chi connectivity index (χ1n) is 4.64. The van der Waals surface area contributed by atoms with Gasteiger partial charge in [-0.05, 0) is 12.8 Å².